The molecule has 20 heavy (non-hydrogen) atoms. The summed E-state index contributed by atoms with van der Waals surface area (Å²) in [6.07, 6.45) is 3.73. The van der Waals surface area contributed by atoms with Crippen LogP contribution >= 0.6 is 12.2 Å². The van der Waals surface area contributed by atoms with Crippen LogP contribution in [0.25, 0.3) is 10.9 Å². The van der Waals surface area contributed by atoms with E-state index in [1.807, 2.05) is 30.3 Å². The summed E-state index contributed by atoms with van der Waals surface area (Å²) in [5, 5.41) is 4.62. The average molecular weight is 285 g/mol. The predicted octanol–water partition coefficient (Wildman–Crippen LogP) is 3.47. The van der Waals surface area contributed by atoms with Gasteiger partial charge in [-0.05, 0) is 30.9 Å². The zero-order valence-electron chi connectivity index (χ0n) is 11.6. The van der Waals surface area contributed by atoms with Crippen LogP contribution < -0.4 is 11.1 Å². The monoisotopic (exact) mass is 285 g/mol. The second kappa shape index (κ2) is 5.37. The minimum Gasteiger partial charge on any atom is -0.389 e. The molecule has 0 saturated heterocycles. The Kier molecular flexibility index (Phi) is 3.57. The van der Waals surface area contributed by atoms with Crippen LogP contribution in [0.5, 0.6) is 0 Å². The van der Waals surface area contributed by atoms with Crippen LogP contribution in [0, 0.1) is 5.92 Å². The van der Waals surface area contributed by atoms with Crippen molar-refractivity contribution in [2.75, 3.05) is 5.32 Å². The number of anilines is 1. The molecule has 1 aliphatic carbocycles. The number of pyridine rings is 1. The van der Waals surface area contributed by atoms with Gasteiger partial charge in [0.25, 0.3) is 0 Å². The van der Waals surface area contributed by atoms with Crippen LogP contribution in [-0.2, 0) is 0 Å². The zero-order valence-corrected chi connectivity index (χ0v) is 12.4. The molecule has 4 heteroatoms. The van der Waals surface area contributed by atoms with E-state index in [0.717, 1.165) is 22.3 Å². The lowest BCUT2D eigenvalue weighted by Gasteiger charge is -2.20. The van der Waals surface area contributed by atoms with E-state index in [2.05, 4.69) is 12.2 Å². The first-order valence-corrected chi connectivity index (χ1v) is 7.52. The second-order valence-corrected chi connectivity index (χ2v) is 6.04. The molecule has 1 aliphatic rings. The summed E-state index contributed by atoms with van der Waals surface area (Å²) in [5.74, 6) is 1.50. The Labute approximate surface area is 124 Å². The van der Waals surface area contributed by atoms with Gasteiger partial charge in [0.1, 0.15) is 10.8 Å². The molecule has 2 unspecified atom stereocenters. The van der Waals surface area contributed by atoms with Crippen molar-refractivity contribution >= 4 is 33.9 Å². The minimum absolute atomic E-state index is 0.399. The van der Waals surface area contributed by atoms with Gasteiger partial charge >= 0.3 is 0 Å². The van der Waals surface area contributed by atoms with Crippen LogP contribution in [0.2, 0.25) is 0 Å². The van der Waals surface area contributed by atoms with Crippen molar-refractivity contribution in [2.45, 2.75) is 32.2 Å². The van der Waals surface area contributed by atoms with Gasteiger partial charge in [-0.1, -0.05) is 43.8 Å². The minimum atomic E-state index is 0.399. The molecule has 1 aromatic heterocycles. The summed E-state index contributed by atoms with van der Waals surface area (Å²) < 4.78 is 0. The first kappa shape index (κ1) is 13.3. The first-order chi connectivity index (χ1) is 9.65. The van der Waals surface area contributed by atoms with Gasteiger partial charge in [-0.15, -0.1) is 0 Å². The molecule has 1 saturated carbocycles. The first-order valence-electron chi connectivity index (χ1n) is 7.11. The Morgan fingerprint density at radius 3 is 2.85 bits per heavy atom. The molecule has 1 fully saturated rings. The lowest BCUT2D eigenvalue weighted by molar-refractivity contribution is 0.555. The number of aromatic nitrogens is 1. The molecule has 2 aromatic rings. The number of nitrogens with zero attached hydrogens (tertiary/aromatic N) is 1. The standard InChI is InChI=1S/C16H19N3S/c1-10-5-4-8-13(10)18-16-12(15(17)20)9-11-6-2-3-7-14(11)19-16/h2-3,6-7,9-10,13H,4-5,8H2,1H3,(H2,17,20)(H,18,19). The van der Waals surface area contributed by atoms with E-state index in [0.29, 0.717) is 16.9 Å². The van der Waals surface area contributed by atoms with Crippen LogP contribution in [0.4, 0.5) is 5.82 Å². The Morgan fingerprint density at radius 1 is 1.35 bits per heavy atom. The van der Waals surface area contributed by atoms with Crippen molar-refractivity contribution in [1.82, 2.24) is 4.98 Å². The summed E-state index contributed by atoms with van der Waals surface area (Å²) in [5.41, 5.74) is 7.68. The van der Waals surface area contributed by atoms with Gasteiger partial charge in [-0.3, -0.25) is 0 Å². The molecule has 1 aromatic carbocycles. The smallest absolute Gasteiger partial charge is 0.137 e. The summed E-state index contributed by atoms with van der Waals surface area (Å²) in [7, 11) is 0. The Bertz CT molecular complexity index is 653. The van der Waals surface area contributed by atoms with Crippen LogP contribution in [0.3, 0.4) is 0 Å². The highest BCUT2D eigenvalue weighted by Crippen LogP contribution is 2.29. The van der Waals surface area contributed by atoms with Crippen molar-refractivity contribution < 1.29 is 0 Å². The number of thiocarbonyl (C=S) groups is 1. The van der Waals surface area contributed by atoms with Crippen molar-refractivity contribution in [3.63, 3.8) is 0 Å². The quantitative estimate of drug-likeness (QED) is 0.848. The van der Waals surface area contributed by atoms with Crippen molar-refractivity contribution in [2.24, 2.45) is 11.7 Å². The van der Waals surface area contributed by atoms with E-state index < -0.39 is 0 Å². The maximum Gasteiger partial charge on any atom is 0.137 e. The van der Waals surface area contributed by atoms with Gasteiger partial charge < -0.3 is 11.1 Å². The Balaban J connectivity index is 2.03. The number of benzene rings is 1. The SMILES string of the molecule is CC1CCCC1Nc1nc2ccccc2cc1C(N)=S. The van der Waals surface area contributed by atoms with Crippen molar-refractivity contribution in [3.05, 3.63) is 35.9 Å². The van der Waals surface area contributed by atoms with Gasteiger partial charge in [0.2, 0.25) is 0 Å². The largest absolute Gasteiger partial charge is 0.389 e. The van der Waals surface area contributed by atoms with Crippen LogP contribution in [0.15, 0.2) is 30.3 Å². The number of fused-ring (bicyclic) bond motifs is 1. The average Bonchev–Trinajstić information content (AvgIpc) is 2.83. The van der Waals surface area contributed by atoms with Gasteiger partial charge in [0.05, 0.1) is 11.1 Å². The molecule has 0 aliphatic heterocycles. The van der Waals surface area contributed by atoms with Gasteiger partial charge in [0, 0.05) is 11.4 Å². The second-order valence-electron chi connectivity index (χ2n) is 5.60. The summed E-state index contributed by atoms with van der Waals surface area (Å²) in [6, 6.07) is 10.6. The van der Waals surface area contributed by atoms with Crippen molar-refractivity contribution in [1.29, 1.82) is 0 Å². The molecule has 0 bridgehead atoms. The van der Waals surface area contributed by atoms with E-state index in [-0.39, 0.29) is 0 Å². The number of rotatable bonds is 3. The highest BCUT2D eigenvalue weighted by molar-refractivity contribution is 7.80. The predicted molar refractivity (Wildman–Crippen MR) is 88.1 cm³/mol. The van der Waals surface area contributed by atoms with E-state index in [1.54, 1.807) is 0 Å². The number of nitrogens with one attached hydrogen (secondary N) is 1. The Morgan fingerprint density at radius 2 is 2.15 bits per heavy atom. The fraction of sp³-hybridized carbons (Fsp3) is 0.375. The normalized spacial score (nSPS) is 22.1. The molecular formula is C16H19N3S. The van der Waals surface area contributed by atoms with Gasteiger partial charge in [0.15, 0.2) is 0 Å². The molecule has 0 spiro atoms. The summed E-state index contributed by atoms with van der Waals surface area (Å²) in [4.78, 5) is 5.12. The summed E-state index contributed by atoms with van der Waals surface area (Å²) >= 11 is 5.18. The lowest BCUT2D eigenvalue weighted by atomic mass is 10.1. The van der Waals surface area contributed by atoms with Crippen molar-refractivity contribution in [3.8, 4) is 0 Å². The molecule has 3 rings (SSSR count). The van der Waals surface area contributed by atoms with Gasteiger partial charge in [-0.25, -0.2) is 4.98 Å². The van der Waals surface area contributed by atoms with Crippen LogP contribution in [-0.4, -0.2) is 16.0 Å². The molecule has 3 nitrogen and oxygen atoms in total. The molecule has 104 valence electrons. The van der Waals surface area contributed by atoms with E-state index in [4.69, 9.17) is 22.9 Å². The number of hydrogen-bond acceptors (Lipinski definition) is 3. The third kappa shape index (κ3) is 2.48. The highest BCUT2D eigenvalue weighted by Gasteiger charge is 2.24. The molecular weight excluding hydrogens is 266 g/mol. The fourth-order valence-electron chi connectivity index (χ4n) is 2.95. The van der Waals surface area contributed by atoms with E-state index in [1.165, 1.54) is 19.3 Å². The fourth-order valence-corrected chi connectivity index (χ4v) is 3.10. The molecule has 1 heterocycles. The van der Waals surface area contributed by atoms with E-state index in [9.17, 15) is 0 Å². The molecule has 0 radical (unpaired) electrons. The number of nitrogens with two attached hydrogens (primary N) is 1. The maximum atomic E-state index is 5.87. The molecule has 2 atom stereocenters. The third-order valence-corrected chi connectivity index (χ3v) is 4.39. The molecule has 0 amide bonds. The number of hydrogen-bond donors (Lipinski definition) is 2. The third-order valence-electron chi connectivity index (χ3n) is 4.17. The topological polar surface area (TPSA) is 50.9 Å². The summed E-state index contributed by atoms with van der Waals surface area (Å²) in [6.45, 7) is 2.28. The zero-order chi connectivity index (χ0) is 14.1. The van der Waals surface area contributed by atoms with Gasteiger partial charge in [-0.2, -0.15) is 0 Å². The van der Waals surface area contributed by atoms with E-state index >= 15 is 0 Å². The van der Waals surface area contributed by atoms with Crippen LogP contribution in [0.1, 0.15) is 31.7 Å². The molecule has 3 N–H and O–H groups in total. The Hall–Kier alpha value is -1.68. The lowest BCUT2D eigenvalue weighted by Crippen LogP contribution is -2.25. The number of para-hydroxylation sites is 1. The maximum absolute atomic E-state index is 5.87. The highest BCUT2D eigenvalue weighted by atomic mass is 32.1.